The number of ether oxygens (including phenoxy) is 1. The van der Waals surface area contributed by atoms with Crippen molar-refractivity contribution in [2.75, 3.05) is 49.6 Å². The van der Waals surface area contributed by atoms with Gasteiger partial charge in [-0.25, -0.2) is 0 Å². The van der Waals surface area contributed by atoms with E-state index in [1.54, 1.807) is 23.4 Å². The average Bonchev–Trinajstić information content (AvgIpc) is 3.43. The number of nitrogens with one attached hydrogen (secondary N) is 1. The van der Waals surface area contributed by atoms with Gasteiger partial charge in [0, 0.05) is 49.5 Å². The highest BCUT2D eigenvalue weighted by molar-refractivity contribution is 6.04. The molecule has 2 aliphatic heterocycles. The van der Waals surface area contributed by atoms with E-state index in [4.69, 9.17) is 4.74 Å². The van der Waals surface area contributed by atoms with Crippen LogP contribution in [0, 0.1) is 6.92 Å². The van der Waals surface area contributed by atoms with Crippen LogP contribution in [0.2, 0.25) is 0 Å². The number of rotatable bonds is 5. The Bertz CT molecular complexity index is 1370. The first-order chi connectivity index (χ1) is 18.7. The van der Waals surface area contributed by atoms with Gasteiger partial charge < -0.3 is 19.9 Å². The molecule has 10 heteroatoms. The van der Waals surface area contributed by atoms with Crippen LogP contribution in [-0.4, -0.2) is 61.1 Å². The predicted molar refractivity (Wildman–Crippen MR) is 141 cm³/mol. The molecule has 1 N–H and O–H groups in total. The van der Waals surface area contributed by atoms with Gasteiger partial charge in [-0.2, -0.15) is 13.2 Å². The molecular weight excluding hydrogens is 509 g/mol. The molecule has 0 aliphatic carbocycles. The fourth-order valence-electron chi connectivity index (χ4n) is 5.11. The molecule has 0 spiro atoms. The van der Waals surface area contributed by atoms with E-state index >= 15 is 0 Å². The summed E-state index contributed by atoms with van der Waals surface area (Å²) in [5.41, 5.74) is 3.11. The number of alkyl halides is 3. The van der Waals surface area contributed by atoms with Crippen molar-refractivity contribution in [3.8, 4) is 0 Å². The van der Waals surface area contributed by atoms with Gasteiger partial charge in [-0.1, -0.05) is 12.1 Å². The summed E-state index contributed by atoms with van der Waals surface area (Å²) >= 11 is 0. The van der Waals surface area contributed by atoms with Crippen molar-refractivity contribution in [3.05, 3.63) is 88.7 Å². The minimum Gasteiger partial charge on any atom is -0.378 e. The van der Waals surface area contributed by atoms with Crippen LogP contribution in [0.15, 0.2) is 60.9 Å². The molecule has 0 bridgehead atoms. The molecular formula is C29H29F3N4O3. The van der Waals surface area contributed by atoms with Crippen LogP contribution >= 0.6 is 0 Å². The number of hydrogen-bond acceptors (Lipinski definition) is 5. The molecule has 2 aliphatic rings. The maximum Gasteiger partial charge on any atom is 0.416 e. The topological polar surface area (TPSA) is 74.8 Å². The quantitative estimate of drug-likeness (QED) is 0.488. The van der Waals surface area contributed by atoms with Crippen LogP contribution in [0.1, 0.15) is 49.7 Å². The monoisotopic (exact) mass is 538 g/mol. The molecule has 3 heterocycles. The van der Waals surface area contributed by atoms with Crippen molar-refractivity contribution < 1.29 is 27.5 Å². The number of amides is 2. The highest BCUT2D eigenvalue weighted by Gasteiger charge is 2.31. The van der Waals surface area contributed by atoms with E-state index in [0.29, 0.717) is 44.0 Å². The maximum absolute atomic E-state index is 13.1. The number of aryl methyl sites for hydroxylation is 1. The number of nitrogens with zero attached hydrogens (tertiary/aromatic N) is 3. The Hall–Kier alpha value is -3.92. The van der Waals surface area contributed by atoms with E-state index in [-0.39, 0.29) is 17.5 Å². The number of carbonyl (C=O) groups excluding carboxylic acids is 2. The second-order valence-electron chi connectivity index (χ2n) is 9.87. The van der Waals surface area contributed by atoms with Crippen molar-refractivity contribution in [1.29, 1.82) is 0 Å². The Balaban J connectivity index is 1.29. The number of benzene rings is 2. The van der Waals surface area contributed by atoms with Crippen LogP contribution in [0.5, 0.6) is 0 Å². The number of carbonyl (C=O) groups is 2. The van der Waals surface area contributed by atoms with Crippen LogP contribution in [-0.2, 0) is 10.9 Å². The zero-order valence-corrected chi connectivity index (χ0v) is 21.5. The van der Waals surface area contributed by atoms with Gasteiger partial charge in [-0.3, -0.25) is 14.6 Å². The van der Waals surface area contributed by atoms with Crippen LogP contribution < -0.4 is 10.2 Å². The van der Waals surface area contributed by atoms with Crippen LogP contribution in [0.4, 0.5) is 24.5 Å². The van der Waals surface area contributed by atoms with E-state index < -0.39 is 17.6 Å². The fourth-order valence-corrected chi connectivity index (χ4v) is 5.11. The number of pyridine rings is 1. The third-order valence-corrected chi connectivity index (χ3v) is 7.25. The highest BCUT2D eigenvalue weighted by atomic mass is 19.4. The van der Waals surface area contributed by atoms with Gasteiger partial charge in [0.1, 0.15) is 0 Å². The van der Waals surface area contributed by atoms with Crippen molar-refractivity contribution in [1.82, 2.24) is 9.88 Å². The number of hydrogen-bond donors (Lipinski definition) is 1. The Morgan fingerprint density at radius 2 is 1.79 bits per heavy atom. The molecule has 2 amide bonds. The first-order valence-corrected chi connectivity index (χ1v) is 12.9. The highest BCUT2D eigenvalue weighted by Crippen LogP contribution is 2.34. The summed E-state index contributed by atoms with van der Waals surface area (Å²) in [5, 5.41) is 2.59. The third kappa shape index (κ3) is 6.06. The molecule has 0 unspecified atom stereocenters. The molecule has 39 heavy (non-hydrogen) atoms. The minimum atomic E-state index is -4.49. The SMILES string of the molecule is Cc1ccc(C(=O)Nc2cccc(C(F)(F)F)c2)cc1[C@@H]1CCN(c2cncc(C(=O)N3CCOCC3)c2)C1. The standard InChI is InChI=1S/C29H29F3N4O3/c1-19-5-6-20(27(37)34-24-4-2-3-23(15-24)29(30,31)32)14-26(19)21-7-8-36(18-21)25-13-22(16-33-17-25)28(38)35-9-11-39-12-10-35/h2-6,13-17,21H,7-12,18H2,1H3,(H,34,37)/t21-/m1/s1. The van der Waals surface area contributed by atoms with Gasteiger partial charge in [0.05, 0.1) is 36.2 Å². The van der Waals surface area contributed by atoms with Gasteiger partial charge in [0.25, 0.3) is 11.8 Å². The summed E-state index contributed by atoms with van der Waals surface area (Å²) < 4.78 is 44.5. The Labute approximate surface area is 224 Å². The molecule has 0 saturated carbocycles. The number of halogens is 3. The molecule has 204 valence electrons. The molecule has 3 aromatic rings. The lowest BCUT2D eigenvalue weighted by Crippen LogP contribution is -2.40. The summed E-state index contributed by atoms with van der Waals surface area (Å²) in [6, 6.07) is 11.8. The second kappa shape index (κ2) is 11.1. The number of morpholine rings is 1. The molecule has 2 fully saturated rings. The molecule has 7 nitrogen and oxygen atoms in total. The van der Waals surface area contributed by atoms with E-state index in [0.717, 1.165) is 41.9 Å². The van der Waals surface area contributed by atoms with Crippen LogP contribution in [0.25, 0.3) is 0 Å². The van der Waals surface area contributed by atoms with Crippen molar-refractivity contribution in [3.63, 3.8) is 0 Å². The van der Waals surface area contributed by atoms with Gasteiger partial charge in [0.2, 0.25) is 0 Å². The number of aromatic nitrogens is 1. The largest absolute Gasteiger partial charge is 0.416 e. The normalized spacial score (nSPS) is 17.8. The summed E-state index contributed by atoms with van der Waals surface area (Å²) in [5.74, 6) is -0.382. The van der Waals surface area contributed by atoms with Gasteiger partial charge in [-0.15, -0.1) is 0 Å². The first kappa shape index (κ1) is 26.7. The predicted octanol–water partition coefficient (Wildman–Crippen LogP) is 5.13. The average molecular weight is 539 g/mol. The molecule has 1 aromatic heterocycles. The lowest BCUT2D eigenvalue weighted by molar-refractivity contribution is -0.137. The van der Waals surface area contributed by atoms with Crippen molar-refractivity contribution in [2.45, 2.75) is 25.4 Å². The second-order valence-corrected chi connectivity index (χ2v) is 9.87. The van der Waals surface area contributed by atoms with Gasteiger partial charge >= 0.3 is 6.18 Å². The summed E-state index contributed by atoms with van der Waals surface area (Å²) in [6.07, 6.45) is -0.298. The summed E-state index contributed by atoms with van der Waals surface area (Å²) in [7, 11) is 0. The van der Waals surface area contributed by atoms with E-state index in [9.17, 15) is 22.8 Å². The fraction of sp³-hybridized carbons (Fsp3) is 0.345. The number of anilines is 2. The lowest BCUT2D eigenvalue weighted by atomic mass is 9.92. The van der Waals surface area contributed by atoms with Gasteiger partial charge in [-0.05, 0) is 60.9 Å². The first-order valence-electron chi connectivity index (χ1n) is 12.9. The Morgan fingerprint density at radius 3 is 2.56 bits per heavy atom. The smallest absolute Gasteiger partial charge is 0.378 e. The summed E-state index contributed by atoms with van der Waals surface area (Å²) in [4.78, 5) is 34.1. The molecule has 5 rings (SSSR count). The summed E-state index contributed by atoms with van der Waals surface area (Å²) in [6.45, 7) is 5.62. The van der Waals surface area contributed by atoms with Gasteiger partial charge in [0.15, 0.2) is 0 Å². The van der Waals surface area contributed by atoms with Crippen molar-refractivity contribution in [2.24, 2.45) is 0 Å². The van der Waals surface area contributed by atoms with E-state index in [1.807, 2.05) is 25.1 Å². The zero-order valence-electron chi connectivity index (χ0n) is 21.5. The Morgan fingerprint density at radius 1 is 1.00 bits per heavy atom. The molecule has 1 atom stereocenters. The third-order valence-electron chi connectivity index (χ3n) is 7.25. The molecule has 2 saturated heterocycles. The molecule has 0 radical (unpaired) electrons. The molecule has 2 aromatic carbocycles. The van der Waals surface area contributed by atoms with Crippen LogP contribution in [0.3, 0.4) is 0 Å². The zero-order chi connectivity index (χ0) is 27.6. The lowest BCUT2D eigenvalue weighted by Gasteiger charge is -2.27. The van der Waals surface area contributed by atoms with E-state index in [2.05, 4.69) is 15.2 Å². The minimum absolute atomic E-state index is 0.0567. The maximum atomic E-state index is 13.1. The van der Waals surface area contributed by atoms with E-state index in [1.165, 1.54) is 12.1 Å². The Kier molecular flexibility index (Phi) is 7.56. The van der Waals surface area contributed by atoms with Crippen molar-refractivity contribution >= 4 is 23.2 Å².